The van der Waals surface area contributed by atoms with E-state index in [1.807, 2.05) is 42.5 Å². The monoisotopic (exact) mass is 502 g/mol. The van der Waals surface area contributed by atoms with Crippen molar-refractivity contribution in [1.29, 1.82) is 0 Å². The van der Waals surface area contributed by atoms with Crippen LogP contribution >= 0.6 is 23.2 Å². The van der Waals surface area contributed by atoms with Gasteiger partial charge in [-0.05, 0) is 37.1 Å². The average molecular weight is 503 g/mol. The number of halogens is 2. The zero-order valence-corrected chi connectivity index (χ0v) is 20.1. The number of hydrogen-bond acceptors (Lipinski definition) is 6. The zero-order valence-electron chi connectivity index (χ0n) is 18.6. The highest BCUT2D eigenvalue weighted by Crippen LogP contribution is 2.35. The molecule has 0 radical (unpaired) electrons. The number of aromatic hydroxyl groups is 1. The molecule has 0 saturated carbocycles. The van der Waals surface area contributed by atoms with Gasteiger partial charge in [0.15, 0.2) is 6.29 Å². The highest BCUT2D eigenvalue weighted by molar-refractivity contribution is 6.34. The van der Waals surface area contributed by atoms with Crippen LogP contribution in [0.1, 0.15) is 35.7 Å². The van der Waals surface area contributed by atoms with E-state index in [1.54, 1.807) is 6.92 Å². The van der Waals surface area contributed by atoms with Crippen molar-refractivity contribution in [3.8, 4) is 28.4 Å². The third-order valence-electron chi connectivity index (χ3n) is 4.91. The fourth-order valence-corrected chi connectivity index (χ4v) is 3.74. The van der Waals surface area contributed by atoms with Crippen molar-refractivity contribution in [3.05, 3.63) is 75.8 Å². The second-order valence-corrected chi connectivity index (χ2v) is 8.10. The van der Waals surface area contributed by atoms with E-state index in [0.29, 0.717) is 43.1 Å². The maximum Gasteiger partial charge on any atom is 0.305 e. The van der Waals surface area contributed by atoms with Gasteiger partial charge in [-0.15, -0.1) is 0 Å². The fraction of sp³-hybridized carbons (Fsp3) is 0.231. The lowest BCUT2D eigenvalue weighted by molar-refractivity contribution is -0.143. The van der Waals surface area contributed by atoms with Crippen LogP contribution in [0.5, 0.6) is 17.2 Å². The molecule has 0 aliphatic rings. The highest BCUT2D eigenvalue weighted by atomic mass is 35.5. The Bertz CT molecular complexity index is 1160. The van der Waals surface area contributed by atoms with E-state index in [4.69, 9.17) is 37.4 Å². The molecule has 3 aromatic rings. The molecule has 1 N–H and O–H groups in total. The Hall–Kier alpha value is -3.22. The lowest BCUT2D eigenvalue weighted by Crippen LogP contribution is -2.06. The number of aldehydes is 1. The fourth-order valence-electron chi connectivity index (χ4n) is 3.23. The molecule has 0 fully saturated rings. The maximum absolute atomic E-state index is 11.4. The van der Waals surface area contributed by atoms with Crippen LogP contribution in [0.25, 0.3) is 11.1 Å². The summed E-state index contributed by atoms with van der Waals surface area (Å²) in [5, 5.41) is 10.6. The van der Waals surface area contributed by atoms with Gasteiger partial charge < -0.3 is 19.3 Å². The van der Waals surface area contributed by atoms with Crippen LogP contribution in [-0.2, 0) is 16.1 Å². The normalized spacial score (nSPS) is 10.6. The van der Waals surface area contributed by atoms with Crippen molar-refractivity contribution in [2.45, 2.75) is 26.4 Å². The molecule has 0 amide bonds. The van der Waals surface area contributed by atoms with E-state index in [0.717, 1.165) is 16.7 Å². The third-order valence-corrected chi connectivity index (χ3v) is 5.66. The summed E-state index contributed by atoms with van der Waals surface area (Å²) < 4.78 is 16.4. The van der Waals surface area contributed by atoms with Gasteiger partial charge in [-0.3, -0.25) is 9.59 Å². The second-order valence-electron chi connectivity index (χ2n) is 7.31. The van der Waals surface area contributed by atoms with E-state index in [2.05, 4.69) is 0 Å². The van der Waals surface area contributed by atoms with E-state index in [9.17, 15) is 14.7 Å². The molecule has 0 spiro atoms. The van der Waals surface area contributed by atoms with Crippen LogP contribution in [0.4, 0.5) is 0 Å². The number of hydrogen-bond donors (Lipinski definition) is 1. The number of carbonyl (C=O) groups excluding carboxylic acids is 2. The van der Waals surface area contributed by atoms with E-state index < -0.39 is 0 Å². The molecule has 0 heterocycles. The summed E-state index contributed by atoms with van der Waals surface area (Å²) in [5.74, 6) is 0.455. The molecule has 0 atom stereocenters. The minimum atomic E-state index is -0.234. The molecule has 8 heteroatoms. The molecule has 34 heavy (non-hydrogen) atoms. The summed E-state index contributed by atoms with van der Waals surface area (Å²) in [6, 6.07) is 15.7. The van der Waals surface area contributed by atoms with Gasteiger partial charge >= 0.3 is 5.97 Å². The lowest BCUT2D eigenvalue weighted by Gasteiger charge is -2.14. The Morgan fingerprint density at radius 2 is 1.85 bits per heavy atom. The third kappa shape index (κ3) is 6.65. The van der Waals surface area contributed by atoms with Crippen molar-refractivity contribution >= 4 is 35.5 Å². The Labute approximate surface area is 208 Å². The number of rotatable bonds is 11. The molecule has 0 aliphatic heterocycles. The molecule has 0 saturated heterocycles. The largest absolute Gasteiger partial charge is 0.507 e. The zero-order chi connectivity index (χ0) is 24.5. The minimum Gasteiger partial charge on any atom is -0.507 e. The van der Waals surface area contributed by atoms with E-state index in [-0.39, 0.29) is 34.7 Å². The van der Waals surface area contributed by atoms with Crippen molar-refractivity contribution in [3.63, 3.8) is 0 Å². The van der Waals surface area contributed by atoms with Gasteiger partial charge in [0.1, 0.15) is 23.9 Å². The quantitative estimate of drug-likeness (QED) is 0.183. The molecule has 6 nitrogen and oxygen atoms in total. The van der Waals surface area contributed by atoms with Crippen molar-refractivity contribution in [2.75, 3.05) is 13.2 Å². The van der Waals surface area contributed by atoms with Gasteiger partial charge in [0.2, 0.25) is 0 Å². The Kier molecular flexibility index (Phi) is 9.19. The summed E-state index contributed by atoms with van der Waals surface area (Å²) in [6.45, 7) is 2.64. The first-order valence-electron chi connectivity index (χ1n) is 10.7. The van der Waals surface area contributed by atoms with Crippen LogP contribution in [0.2, 0.25) is 10.0 Å². The smallest absolute Gasteiger partial charge is 0.305 e. The van der Waals surface area contributed by atoms with Gasteiger partial charge in [-0.2, -0.15) is 0 Å². The highest BCUT2D eigenvalue weighted by Gasteiger charge is 2.13. The topological polar surface area (TPSA) is 82.1 Å². The maximum atomic E-state index is 11.4. The number of ether oxygens (including phenoxy) is 3. The van der Waals surface area contributed by atoms with Gasteiger partial charge in [0.25, 0.3) is 0 Å². The Morgan fingerprint density at radius 1 is 1.06 bits per heavy atom. The number of carbonyl (C=O) groups is 2. The van der Waals surface area contributed by atoms with Crippen LogP contribution in [-0.4, -0.2) is 30.6 Å². The van der Waals surface area contributed by atoms with Gasteiger partial charge in [0, 0.05) is 23.6 Å². The summed E-state index contributed by atoms with van der Waals surface area (Å²) in [5.41, 5.74) is 2.46. The first kappa shape index (κ1) is 25.4. The second kappa shape index (κ2) is 12.3. The molecular weight excluding hydrogens is 479 g/mol. The van der Waals surface area contributed by atoms with Gasteiger partial charge in [-0.25, -0.2) is 0 Å². The predicted molar refractivity (Wildman–Crippen MR) is 131 cm³/mol. The number of benzene rings is 3. The molecule has 3 rings (SSSR count). The van der Waals surface area contributed by atoms with Crippen molar-refractivity contribution < 1.29 is 28.9 Å². The predicted octanol–water partition coefficient (Wildman–Crippen LogP) is 6.48. The lowest BCUT2D eigenvalue weighted by atomic mass is 10.0. The van der Waals surface area contributed by atoms with Gasteiger partial charge in [0.05, 0.1) is 28.8 Å². The van der Waals surface area contributed by atoms with Gasteiger partial charge in [-0.1, -0.05) is 53.5 Å². The molecule has 0 unspecified atom stereocenters. The molecule has 3 aromatic carbocycles. The average Bonchev–Trinajstić information content (AvgIpc) is 2.83. The van der Waals surface area contributed by atoms with E-state index in [1.165, 1.54) is 12.1 Å². The molecule has 0 aliphatic carbocycles. The van der Waals surface area contributed by atoms with Crippen LogP contribution in [0.3, 0.4) is 0 Å². The first-order chi connectivity index (χ1) is 16.4. The Balaban J connectivity index is 1.69. The molecular formula is C26H24Cl2O6. The van der Waals surface area contributed by atoms with Crippen molar-refractivity contribution in [2.24, 2.45) is 0 Å². The summed E-state index contributed by atoms with van der Waals surface area (Å²) in [7, 11) is 0. The number of phenolic OH excluding ortho intramolecular Hbond substituents is 1. The van der Waals surface area contributed by atoms with Crippen LogP contribution in [0, 0.1) is 0 Å². The minimum absolute atomic E-state index is 0.0837. The molecule has 0 aromatic heterocycles. The summed E-state index contributed by atoms with van der Waals surface area (Å²) in [6.07, 6.45) is 1.38. The molecule has 0 bridgehead atoms. The van der Waals surface area contributed by atoms with Crippen LogP contribution < -0.4 is 9.47 Å². The van der Waals surface area contributed by atoms with Crippen molar-refractivity contribution in [1.82, 2.24) is 0 Å². The van der Waals surface area contributed by atoms with E-state index >= 15 is 0 Å². The summed E-state index contributed by atoms with van der Waals surface area (Å²) >= 11 is 12.8. The summed E-state index contributed by atoms with van der Waals surface area (Å²) in [4.78, 5) is 22.4. The number of esters is 1. The SMILES string of the molecule is CCOC(=O)CCCOc1cccc(-c2cccc(COc3cc(O)c(C=O)cc3Cl)c2Cl)c1. The first-order valence-corrected chi connectivity index (χ1v) is 11.4. The standard InChI is InChI=1S/C26H24Cl2O6/c1-2-32-25(31)10-5-11-33-20-8-3-6-17(12-20)21-9-4-7-18(26(21)28)16-34-24-14-23(30)19(15-29)13-22(24)27/h3-4,6-9,12-15,30H,2,5,10-11,16H2,1H3. The number of phenols is 1. The molecule has 178 valence electrons. The Morgan fingerprint density at radius 3 is 2.62 bits per heavy atom. The van der Waals surface area contributed by atoms with Crippen LogP contribution in [0.15, 0.2) is 54.6 Å².